The van der Waals surface area contributed by atoms with Gasteiger partial charge in [-0.15, -0.1) is 0 Å². The van der Waals surface area contributed by atoms with E-state index < -0.39 is 6.04 Å². The molecular formula is C16H20N4O2. The molecule has 6 nitrogen and oxygen atoms in total. The summed E-state index contributed by atoms with van der Waals surface area (Å²) < 4.78 is 7.40. The second kappa shape index (κ2) is 6.19. The number of rotatable bonds is 3. The van der Waals surface area contributed by atoms with E-state index in [2.05, 4.69) is 10.4 Å². The highest BCUT2D eigenvalue weighted by Crippen LogP contribution is 2.29. The molecule has 1 aromatic carbocycles. The Morgan fingerprint density at radius 2 is 2.32 bits per heavy atom. The van der Waals surface area contributed by atoms with E-state index in [0.29, 0.717) is 19.7 Å². The Balaban J connectivity index is 1.93. The monoisotopic (exact) mass is 300 g/mol. The molecule has 0 saturated heterocycles. The zero-order chi connectivity index (χ0) is 15.5. The Morgan fingerprint density at radius 1 is 1.50 bits per heavy atom. The van der Waals surface area contributed by atoms with Crippen LogP contribution in [0.25, 0.3) is 0 Å². The third kappa shape index (κ3) is 2.69. The second-order valence-electron chi connectivity index (χ2n) is 5.23. The number of aryl methyl sites for hydroxylation is 1. The van der Waals surface area contributed by atoms with Crippen LogP contribution in [0, 0.1) is 0 Å². The molecule has 2 heterocycles. The van der Waals surface area contributed by atoms with E-state index in [0.717, 1.165) is 17.0 Å². The Bertz CT molecular complexity index is 668. The smallest absolute Gasteiger partial charge is 0.248 e. The summed E-state index contributed by atoms with van der Waals surface area (Å²) in [4.78, 5) is 14.8. The lowest BCUT2D eigenvalue weighted by Gasteiger charge is -2.25. The lowest BCUT2D eigenvalue weighted by atomic mass is 10.0. The molecule has 0 spiro atoms. The molecule has 0 saturated carbocycles. The zero-order valence-corrected chi connectivity index (χ0v) is 12.8. The van der Waals surface area contributed by atoms with Crippen LogP contribution in [0.15, 0.2) is 36.7 Å². The van der Waals surface area contributed by atoms with Crippen LogP contribution in [-0.4, -0.2) is 35.4 Å². The summed E-state index contributed by atoms with van der Waals surface area (Å²) in [5.41, 5.74) is 1.69. The number of amides is 1. The molecule has 0 fully saturated rings. The number of nitrogens with zero attached hydrogens (tertiary/aromatic N) is 3. The Kier molecular flexibility index (Phi) is 4.11. The molecule has 1 N–H and O–H groups in total. The number of hydrogen-bond donors (Lipinski definition) is 1. The summed E-state index contributed by atoms with van der Waals surface area (Å²) in [5, 5.41) is 7.44. The van der Waals surface area contributed by atoms with E-state index in [1.807, 2.05) is 44.4 Å². The molecule has 1 amide bonds. The molecule has 1 aliphatic rings. The van der Waals surface area contributed by atoms with Gasteiger partial charge in [-0.05, 0) is 13.0 Å². The van der Waals surface area contributed by atoms with Crippen molar-refractivity contribution >= 4 is 11.6 Å². The van der Waals surface area contributed by atoms with Gasteiger partial charge in [-0.2, -0.15) is 5.10 Å². The van der Waals surface area contributed by atoms with Crippen molar-refractivity contribution < 1.29 is 9.53 Å². The number of hydrogen-bond acceptors (Lipinski definition) is 4. The van der Waals surface area contributed by atoms with Gasteiger partial charge in [-0.25, -0.2) is 0 Å². The molecule has 2 aromatic rings. The van der Waals surface area contributed by atoms with Crippen molar-refractivity contribution in [3.05, 3.63) is 42.2 Å². The number of aromatic nitrogens is 2. The van der Waals surface area contributed by atoms with Crippen LogP contribution < -0.4 is 15.0 Å². The average Bonchev–Trinajstić information content (AvgIpc) is 2.84. The first kappa shape index (κ1) is 14.6. The third-order valence-electron chi connectivity index (χ3n) is 3.77. The molecule has 116 valence electrons. The Hall–Kier alpha value is -2.34. The van der Waals surface area contributed by atoms with Crippen molar-refractivity contribution in [3.8, 4) is 5.75 Å². The summed E-state index contributed by atoms with van der Waals surface area (Å²) in [5.74, 6) is 0.779. The normalized spacial score (nSPS) is 17.3. The minimum Gasteiger partial charge on any atom is -0.492 e. The topological polar surface area (TPSA) is 59.4 Å². The Labute approximate surface area is 129 Å². The third-order valence-corrected chi connectivity index (χ3v) is 3.77. The quantitative estimate of drug-likeness (QED) is 0.933. The van der Waals surface area contributed by atoms with Gasteiger partial charge in [0.15, 0.2) is 0 Å². The van der Waals surface area contributed by atoms with Crippen molar-refractivity contribution in [1.82, 2.24) is 15.1 Å². The molecule has 1 unspecified atom stereocenters. The summed E-state index contributed by atoms with van der Waals surface area (Å²) in [7, 11) is 1.84. The van der Waals surface area contributed by atoms with Gasteiger partial charge in [-0.1, -0.05) is 18.2 Å². The fraction of sp³-hybridized carbons (Fsp3) is 0.375. The zero-order valence-electron chi connectivity index (χ0n) is 12.8. The maximum atomic E-state index is 13.0. The van der Waals surface area contributed by atoms with E-state index in [1.54, 1.807) is 15.8 Å². The highest BCUT2D eigenvalue weighted by atomic mass is 16.5. The highest BCUT2D eigenvalue weighted by Gasteiger charge is 2.30. The van der Waals surface area contributed by atoms with Gasteiger partial charge in [0.25, 0.3) is 0 Å². The fourth-order valence-corrected chi connectivity index (χ4v) is 2.71. The number of benzene rings is 1. The maximum Gasteiger partial charge on any atom is 0.248 e. The first-order valence-corrected chi connectivity index (χ1v) is 7.46. The van der Waals surface area contributed by atoms with Crippen molar-refractivity contribution in [3.63, 3.8) is 0 Å². The highest BCUT2D eigenvalue weighted by molar-refractivity contribution is 5.98. The van der Waals surface area contributed by atoms with Gasteiger partial charge in [-0.3, -0.25) is 14.8 Å². The average molecular weight is 300 g/mol. The molecule has 0 radical (unpaired) electrons. The van der Waals surface area contributed by atoms with Crippen molar-refractivity contribution in [1.29, 1.82) is 0 Å². The molecule has 1 aromatic heterocycles. The number of carbonyl (C=O) groups is 1. The molecule has 1 atom stereocenters. The molecule has 6 heteroatoms. The van der Waals surface area contributed by atoms with Crippen LogP contribution in [0.3, 0.4) is 0 Å². The van der Waals surface area contributed by atoms with Crippen LogP contribution in [0.5, 0.6) is 5.75 Å². The van der Waals surface area contributed by atoms with Crippen LogP contribution >= 0.6 is 0 Å². The lowest BCUT2D eigenvalue weighted by molar-refractivity contribution is -0.120. The Morgan fingerprint density at radius 3 is 3.05 bits per heavy atom. The van der Waals surface area contributed by atoms with E-state index >= 15 is 0 Å². The fourth-order valence-electron chi connectivity index (χ4n) is 2.71. The van der Waals surface area contributed by atoms with Gasteiger partial charge in [0.05, 0.1) is 11.9 Å². The van der Waals surface area contributed by atoms with Gasteiger partial charge in [0.1, 0.15) is 18.4 Å². The van der Waals surface area contributed by atoms with Crippen LogP contribution in [0.1, 0.15) is 18.5 Å². The lowest BCUT2D eigenvalue weighted by Crippen LogP contribution is -2.41. The van der Waals surface area contributed by atoms with Gasteiger partial charge < -0.3 is 9.64 Å². The van der Waals surface area contributed by atoms with Crippen LogP contribution in [-0.2, 0) is 11.8 Å². The standard InChI is InChI=1S/C16H20N4O2/c1-3-20(12-10-18-19(2)11-12)16(21)15-13-6-4-5-7-14(13)22-9-8-17-15/h4-7,10-11,15,17H,3,8-9H2,1-2H3. The molecule has 3 rings (SSSR count). The van der Waals surface area contributed by atoms with Gasteiger partial charge >= 0.3 is 0 Å². The number of fused-ring (bicyclic) bond motifs is 1. The van der Waals surface area contributed by atoms with E-state index in [9.17, 15) is 4.79 Å². The molecule has 0 aliphatic carbocycles. The number of ether oxygens (including phenoxy) is 1. The number of likely N-dealkylation sites (N-methyl/N-ethyl adjacent to an activating group) is 1. The predicted molar refractivity (Wildman–Crippen MR) is 83.9 cm³/mol. The second-order valence-corrected chi connectivity index (χ2v) is 5.23. The SMILES string of the molecule is CCN(C(=O)C1NCCOc2ccccc21)c1cnn(C)c1. The number of carbonyl (C=O) groups excluding carboxylic acids is 1. The van der Waals surface area contributed by atoms with Gasteiger partial charge in [0, 0.05) is 31.9 Å². The van der Waals surface area contributed by atoms with E-state index in [4.69, 9.17) is 4.74 Å². The predicted octanol–water partition coefficient (Wildman–Crippen LogP) is 1.50. The minimum absolute atomic E-state index is 0.00782. The van der Waals surface area contributed by atoms with Crippen LogP contribution in [0.4, 0.5) is 5.69 Å². The summed E-state index contributed by atoms with van der Waals surface area (Å²) >= 11 is 0. The van der Waals surface area contributed by atoms with Crippen molar-refractivity contribution in [2.24, 2.45) is 7.05 Å². The van der Waals surface area contributed by atoms with Crippen molar-refractivity contribution in [2.75, 3.05) is 24.6 Å². The summed E-state index contributed by atoms with van der Waals surface area (Å²) in [6, 6.07) is 7.29. The number of para-hydroxylation sites is 1. The summed E-state index contributed by atoms with van der Waals surface area (Å²) in [6.45, 7) is 3.74. The first-order chi connectivity index (χ1) is 10.7. The molecule has 22 heavy (non-hydrogen) atoms. The summed E-state index contributed by atoms with van der Waals surface area (Å²) in [6.07, 6.45) is 3.56. The van der Waals surface area contributed by atoms with Crippen LogP contribution in [0.2, 0.25) is 0 Å². The largest absolute Gasteiger partial charge is 0.492 e. The van der Waals surface area contributed by atoms with Crippen molar-refractivity contribution in [2.45, 2.75) is 13.0 Å². The van der Waals surface area contributed by atoms with Gasteiger partial charge in [0.2, 0.25) is 5.91 Å². The van der Waals surface area contributed by atoms with E-state index in [1.165, 1.54) is 0 Å². The molecule has 0 bridgehead atoms. The number of nitrogens with one attached hydrogen (secondary N) is 1. The number of anilines is 1. The molecular weight excluding hydrogens is 280 g/mol. The molecule has 1 aliphatic heterocycles. The maximum absolute atomic E-state index is 13.0. The minimum atomic E-state index is -0.404. The first-order valence-electron chi connectivity index (χ1n) is 7.46. The van der Waals surface area contributed by atoms with E-state index in [-0.39, 0.29) is 5.91 Å².